The fraction of sp³-hybridized carbons (Fsp3) is 0.387. The number of rotatable bonds is 10. The van der Waals surface area contributed by atoms with Crippen molar-refractivity contribution in [2.45, 2.75) is 64.5 Å². The lowest BCUT2D eigenvalue weighted by atomic mass is 9.89. The summed E-state index contributed by atoms with van der Waals surface area (Å²) in [5.41, 5.74) is 5.91. The average molecular weight is 627 g/mol. The number of nitrogens with one attached hydrogen (secondary N) is 1. The number of carbonyl (C=O) groups is 4. The van der Waals surface area contributed by atoms with Crippen LogP contribution in [0.15, 0.2) is 63.5 Å². The van der Waals surface area contributed by atoms with Gasteiger partial charge in [-0.05, 0) is 76.1 Å². The minimum Gasteiger partial charge on any atom is -0.488 e. The lowest BCUT2D eigenvalue weighted by molar-refractivity contribution is -0.170. The number of nitrogens with zero attached hydrogens (tertiary/aromatic N) is 4. The van der Waals surface area contributed by atoms with E-state index in [9.17, 15) is 32.3 Å². The third kappa shape index (κ3) is 8.61. The van der Waals surface area contributed by atoms with Gasteiger partial charge in [0, 0.05) is 29.8 Å². The maximum absolute atomic E-state index is 13.6. The van der Waals surface area contributed by atoms with Crippen LogP contribution in [0.5, 0.6) is 5.75 Å². The number of ether oxygens (including phenoxy) is 1. The molecule has 238 valence electrons. The van der Waals surface area contributed by atoms with Crippen LogP contribution in [0.25, 0.3) is 0 Å². The van der Waals surface area contributed by atoms with Gasteiger partial charge in [-0.15, -0.1) is 0 Å². The highest BCUT2D eigenvalue weighted by atomic mass is 19.4. The van der Waals surface area contributed by atoms with Crippen molar-refractivity contribution in [3.8, 4) is 5.75 Å². The maximum atomic E-state index is 13.6. The second-order valence-corrected chi connectivity index (χ2v) is 11.7. The van der Waals surface area contributed by atoms with Crippen LogP contribution in [0.2, 0.25) is 0 Å². The van der Waals surface area contributed by atoms with E-state index in [0.717, 1.165) is 11.8 Å². The third-order valence-corrected chi connectivity index (χ3v) is 6.90. The smallest absolute Gasteiger partial charge is 0.471 e. The number of nitrogens with two attached hydrogens (primary N) is 1. The first-order valence-electron chi connectivity index (χ1n) is 14.0. The summed E-state index contributed by atoms with van der Waals surface area (Å²) in [7, 11) is 0. The van der Waals surface area contributed by atoms with Gasteiger partial charge in [-0.3, -0.25) is 39.4 Å². The number of carbonyl (C=O) groups excluding carboxylic acids is 4. The molecule has 2 heterocycles. The minimum atomic E-state index is -5.23. The predicted molar refractivity (Wildman–Crippen MR) is 162 cm³/mol. The Bertz CT molecular complexity index is 1560. The van der Waals surface area contributed by atoms with Crippen LogP contribution < -0.4 is 20.7 Å². The van der Waals surface area contributed by atoms with Crippen LogP contribution in [-0.4, -0.2) is 71.8 Å². The normalized spacial score (nSPS) is 18.6. The van der Waals surface area contributed by atoms with E-state index in [1.165, 1.54) is 31.2 Å². The zero-order valence-corrected chi connectivity index (χ0v) is 25.1. The average Bonchev–Trinajstić information content (AvgIpc) is 2.95. The molecule has 2 aliphatic rings. The van der Waals surface area contributed by atoms with Crippen molar-refractivity contribution in [2.24, 2.45) is 26.6 Å². The van der Waals surface area contributed by atoms with Crippen molar-refractivity contribution >= 4 is 47.0 Å². The van der Waals surface area contributed by atoms with Crippen molar-refractivity contribution in [2.75, 3.05) is 11.4 Å². The van der Waals surface area contributed by atoms with Crippen LogP contribution in [-0.2, 0) is 20.8 Å². The number of hydrogen-bond donors (Lipinski definition) is 2. The fourth-order valence-corrected chi connectivity index (χ4v) is 4.73. The molecule has 2 unspecified atom stereocenters. The van der Waals surface area contributed by atoms with Gasteiger partial charge in [-0.2, -0.15) is 13.2 Å². The molecule has 0 radical (unpaired) electrons. The molecule has 4 rings (SSSR count). The van der Waals surface area contributed by atoms with E-state index >= 15 is 0 Å². The number of alkyl halides is 3. The second kappa shape index (κ2) is 13.0. The minimum absolute atomic E-state index is 0.0675. The Morgan fingerprint density at radius 3 is 2.24 bits per heavy atom. The Morgan fingerprint density at radius 1 is 1.02 bits per heavy atom. The second-order valence-electron chi connectivity index (χ2n) is 11.7. The Labute approximate surface area is 257 Å². The maximum Gasteiger partial charge on any atom is 0.471 e. The molecular formula is C31H33F3N6O5. The predicted octanol–water partition coefficient (Wildman–Crippen LogP) is 3.44. The van der Waals surface area contributed by atoms with Crippen molar-refractivity contribution in [3.63, 3.8) is 0 Å². The molecule has 14 heteroatoms. The first-order valence-corrected chi connectivity index (χ1v) is 14.0. The van der Waals surface area contributed by atoms with Crippen molar-refractivity contribution in [3.05, 3.63) is 59.7 Å². The lowest BCUT2D eigenvalue weighted by Crippen LogP contribution is -2.53. The molecule has 0 spiro atoms. The molecule has 0 fully saturated rings. The van der Waals surface area contributed by atoms with Crippen molar-refractivity contribution in [1.82, 2.24) is 5.32 Å². The van der Waals surface area contributed by atoms with E-state index in [4.69, 9.17) is 10.5 Å². The molecule has 0 aliphatic carbocycles. The fourth-order valence-electron chi connectivity index (χ4n) is 4.73. The summed E-state index contributed by atoms with van der Waals surface area (Å²) >= 11 is 0. The van der Waals surface area contributed by atoms with Gasteiger partial charge in [0.2, 0.25) is 0 Å². The highest BCUT2D eigenvalue weighted by Gasteiger charge is 2.44. The number of hydrogen-bond acceptors (Lipinski definition) is 9. The van der Waals surface area contributed by atoms with Crippen LogP contribution in [0.3, 0.4) is 0 Å². The number of aliphatic imine (C=N–C) groups is 3. The summed E-state index contributed by atoms with van der Waals surface area (Å²) < 4.78 is 46.5. The Kier molecular flexibility index (Phi) is 9.54. The molecule has 45 heavy (non-hydrogen) atoms. The number of benzene rings is 2. The van der Waals surface area contributed by atoms with Crippen LogP contribution >= 0.6 is 0 Å². The summed E-state index contributed by atoms with van der Waals surface area (Å²) in [5, 5.41) is 2.28. The van der Waals surface area contributed by atoms with Gasteiger partial charge in [0.05, 0.1) is 12.3 Å². The largest absolute Gasteiger partial charge is 0.488 e. The van der Waals surface area contributed by atoms with Crippen LogP contribution in [0, 0.1) is 5.92 Å². The SMILES string of the molecule is CC(=O)[C@@H](CC(=O)c1ccc(N(CC2=NC3C(=O)NC(N)=NC3N=C2)C(=O)C(F)(F)F)cc1)Cc1ccc(OC(C)(C)C)cc1. The summed E-state index contributed by atoms with van der Waals surface area (Å²) in [6, 6.07) is 11.1. The molecule has 3 N–H and O–H groups in total. The van der Waals surface area contributed by atoms with Gasteiger partial charge in [-0.25, -0.2) is 4.99 Å². The molecule has 0 saturated carbocycles. The quantitative estimate of drug-likeness (QED) is 0.385. The van der Waals surface area contributed by atoms with Gasteiger partial charge in [-0.1, -0.05) is 12.1 Å². The van der Waals surface area contributed by atoms with Crippen molar-refractivity contribution < 1.29 is 37.1 Å². The summed E-state index contributed by atoms with van der Waals surface area (Å²) in [6.07, 6.45) is -4.86. The van der Waals surface area contributed by atoms with E-state index in [1.807, 2.05) is 32.9 Å². The molecule has 0 aromatic heterocycles. The first kappa shape index (κ1) is 33.0. The van der Waals surface area contributed by atoms with Gasteiger partial charge < -0.3 is 10.5 Å². The molecule has 2 aliphatic heterocycles. The topological polar surface area (TPSA) is 156 Å². The standard InChI is InChI=1S/C31H33F3N6O5/c1-17(41)20(13-18-5-11-23(12-6-18)45-30(2,3)4)14-24(42)19-7-9-22(10-8-19)40(28(44)31(32,33)34)16-21-15-36-26-25(37-21)27(43)39-29(35)38-26/h5-12,15,20,25-26H,13-14,16H2,1-4H3,(H3,35,38,39,43)/t20-,25?,26?/m1/s1. The number of fused-ring (bicyclic) bond motifs is 1. The monoisotopic (exact) mass is 626 g/mol. The zero-order chi connectivity index (χ0) is 33.1. The van der Waals surface area contributed by atoms with E-state index in [2.05, 4.69) is 20.3 Å². The van der Waals surface area contributed by atoms with E-state index in [0.29, 0.717) is 17.1 Å². The number of ketones is 2. The summed E-state index contributed by atoms with van der Waals surface area (Å²) in [4.78, 5) is 62.7. The lowest BCUT2D eigenvalue weighted by Gasteiger charge is -2.28. The number of amides is 2. The molecule has 3 atom stereocenters. The van der Waals surface area contributed by atoms with E-state index < -0.39 is 42.7 Å². The number of guanidine groups is 1. The van der Waals surface area contributed by atoms with E-state index in [1.54, 1.807) is 12.1 Å². The number of anilines is 1. The van der Waals surface area contributed by atoms with Gasteiger partial charge >= 0.3 is 12.1 Å². The van der Waals surface area contributed by atoms with Gasteiger partial charge in [0.1, 0.15) is 17.1 Å². The zero-order valence-electron chi connectivity index (χ0n) is 25.1. The van der Waals surface area contributed by atoms with Gasteiger partial charge in [0.15, 0.2) is 24.0 Å². The Balaban J connectivity index is 1.48. The van der Waals surface area contributed by atoms with E-state index in [-0.39, 0.29) is 46.5 Å². The molecular weight excluding hydrogens is 593 g/mol. The highest BCUT2D eigenvalue weighted by Crippen LogP contribution is 2.26. The highest BCUT2D eigenvalue weighted by molar-refractivity contribution is 6.34. The first-order chi connectivity index (χ1) is 21.0. The van der Waals surface area contributed by atoms with Crippen molar-refractivity contribution in [1.29, 1.82) is 0 Å². The molecule has 2 aromatic carbocycles. The van der Waals surface area contributed by atoms with Gasteiger partial charge in [0.25, 0.3) is 5.91 Å². The summed E-state index contributed by atoms with van der Waals surface area (Å²) in [6.45, 7) is 6.52. The Morgan fingerprint density at radius 2 is 1.67 bits per heavy atom. The summed E-state index contributed by atoms with van der Waals surface area (Å²) in [5.74, 6) is -3.49. The number of Topliss-reactive ketones (excluding diaryl/α,β-unsaturated/α-hetero) is 2. The third-order valence-electron chi connectivity index (χ3n) is 6.90. The Hall–Kier alpha value is -4.88. The molecule has 2 amide bonds. The number of halogens is 3. The van der Waals surface area contributed by atoms with Crippen LogP contribution in [0.4, 0.5) is 18.9 Å². The molecule has 11 nitrogen and oxygen atoms in total. The molecule has 2 aromatic rings. The van der Waals surface area contributed by atoms with Crippen LogP contribution in [0.1, 0.15) is 50.0 Å². The molecule has 0 saturated heterocycles. The molecule has 0 bridgehead atoms.